The monoisotopic (exact) mass is 245 g/mol. The molecule has 6 heteroatoms. The molecule has 0 fully saturated rings. The van der Waals surface area contributed by atoms with Crippen molar-refractivity contribution in [2.24, 2.45) is 0 Å². The van der Waals surface area contributed by atoms with Gasteiger partial charge in [-0.25, -0.2) is 4.98 Å². The van der Waals surface area contributed by atoms with E-state index in [9.17, 15) is 4.79 Å². The molecule has 0 aliphatic rings. The largest absolute Gasteiger partial charge is 0.375 e. The predicted molar refractivity (Wildman–Crippen MR) is 66.2 cm³/mol. The predicted octanol–water partition coefficient (Wildman–Crippen LogP) is 1.09. The summed E-state index contributed by atoms with van der Waals surface area (Å²) in [5, 5.41) is 2.35. The van der Waals surface area contributed by atoms with Crippen molar-refractivity contribution in [1.82, 2.24) is 9.88 Å². The van der Waals surface area contributed by atoms with Gasteiger partial charge in [0.25, 0.3) is 0 Å². The van der Waals surface area contributed by atoms with Gasteiger partial charge in [0.05, 0.1) is 12.1 Å². The van der Waals surface area contributed by atoms with Gasteiger partial charge in [0.1, 0.15) is 0 Å². The number of nitrogens with zero attached hydrogens (tertiary/aromatic N) is 2. The van der Waals surface area contributed by atoms with Crippen LogP contribution in [0.1, 0.15) is 5.69 Å². The highest BCUT2D eigenvalue weighted by Gasteiger charge is 2.10. The molecule has 4 nitrogen and oxygen atoms in total. The summed E-state index contributed by atoms with van der Waals surface area (Å²) in [6.45, 7) is 0.777. The first-order valence-electron chi connectivity index (χ1n) is 4.56. The number of carbonyl (C=O) groups is 1. The van der Waals surface area contributed by atoms with Gasteiger partial charge in [-0.2, -0.15) is 11.8 Å². The fraction of sp³-hybridized carbons (Fsp3) is 0.556. The van der Waals surface area contributed by atoms with Gasteiger partial charge >= 0.3 is 0 Å². The summed E-state index contributed by atoms with van der Waals surface area (Å²) in [6.07, 6.45) is 2.37. The molecule has 0 spiro atoms. The average molecular weight is 245 g/mol. The smallest absolute Gasteiger partial charge is 0.228 e. The van der Waals surface area contributed by atoms with Crippen LogP contribution in [0.15, 0.2) is 5.38 Å². The summed E-state index contributed by atoms with van der Waals surface area (Å²) < 4.78 is 0. The lowest BCUT2D eigenvalue weighted by Gasteiger charge is -2.15. The number of thiazole rings is 1. The van der Waals surface area contributed by atoms with Gasteiger partial charge in [-0.15, -0.1) is 11.3 Å². The molecule has 0 atom stereocenters. The van der Waals surface area contributed by atoms with Gasteiger partial charge in [0.15, 0.2) is 5.13 Å². The van der Waals surface area contributed by atoms with Crippen molar-refractivity contribution in [1.29, 1.82) is 0 Å². The topological polar surface area (TPSA) is 59.2 Å². The maximum atomic E-state index is 11.7. The molecule has 1 aromatic heterocycles. The number of likely N-dealkylation sites (N-methyl/N-ethyl adjacent to an activating group) is 1. The second-order valence-electron chi connectivity index (χ2n) is 3.16. The normalized spacial score (nSPS) is 10.3. The van der Waals surface area contributed by atoms with Crippen LogP contribution in [0.5, 0.6) is 0 Å². The molecule has 0 aromatic carbocycles. The van der Waals surface area contributed by atoms with Gasteiger partial charge in [0, 0.05) is 24.7 Å². The average Bonchev–Trinajstić information content (AvgIpc) is 2.60. The maximum Gasteiger partial charge on any atom is 0.228 e. The number of amides is 1. The summed E-state index contributed by atoms with van der Waals surface area (Å²) in [5.74, 6) is 1.05. The SMILES string of the molecule is CSCCN(C)C(=O)Cc1csc(N)n1. The summed E-state index contributed by atoms with van der Waals surface area (Å²) in [6, 6.07) is 0. The van der Waals surface area contributed by atoms with E-state index < -0.39 is 0 Å². The molecule has 15 heavy (non-hydrogen) atoms. The second kappa shape index (κ2) is 5.97. The first kappa shape index (κ1) is 12.3. The number of carbonyl (C=O) groups excluding carboxylic acids is 1. The van der Waals surface area contributed by atoms with Gasteiger partial charge in [-0.1, -0.05) is 0 Å². The fourth-order valence-corrected chi connectivity index (χ4v) is 2.07. The number of hydrogen-bond donors (Lipinski definition) is 1. The van der Waals surface area contributed by atoms with Crippen molar-refractivity contribution in [2.45, 2.75) is 6.42 Å². The van der Waals surface area contributed by atoms with E-state index in [4.69, 9.17) is 5.73 Å². The number of nitrogens with two attached hydrogens (primary N) is 1. The Morgan fingerprint density at radius 2 is 2.47 bits per heavy atom. The van der Waals surface area contributed by atoms with Crippen molar-refractivity contribution in [3.8, 4) is 0 Å². The van der Waals surface area contributed by atoms with Crippen LogP contribution in [-0.4, -0.2) is 41.4 Å². The molecule has 1 rings (SSSR count). The minimum atomic E-state index is 0.0920. The molecule has 0 radical (unpaired) electrons. The van der Waals surface area contributed by atoms with Crippen LogP contribution in [0.3, 0.4) is 0 Å². The number of aromatic nitrogens is 1. The third kappa shape index (κ3) is 4.09. The van der Waals surface area contributed by atoms with E-state index in [2.05, 4.69) is 4.98 Å². The number of anilines is 1. The second-order valence-corrected chi connectivity index (χ2v) is 5.04. The highest BCUT2D eigenvalue weighted by atomic mass is 32.2. The first-order valence-corrected chi connectivity index (χ1v) is 6.83. The Morgan fingerprint density at radius 3 is 3.00 bits per heavy atom. The zero-order valence-corrected chi connectivity index (χ0v) is 10.5. The summed E-state index contributed by atoms with van der Waals surface area (Å²) in [7, 11) is 1.81. The lowest BCUT2D eigenvalue weighted by molar-refractivity contribution is -0.128. The number of thioether (sulfide) groups is 1. The third-order valence-corrected chi connectivity index (χ3v) is 3.27. The fourth-order valence-electron chi connectivity index (χ4n) is 1.05. The Balaban J connectivity index is 2.41. The molecule has 84 valence electrons. The van der Waals surface area contributed by atoms with E-state index in [0.717, 1.165) is 18.0 Å². The summed E-state index contributed by atoms with van der Waals surface area (Å²) in [4.78, 5) is 17.5. The van der Waals surface area contributed by atoms with Gasteiger partial charge in [0.2, 0.25) is 5.91 Å². The zero-order chi connectivity index (χ0) is 11.3. The van der Waals surface area contributed by atoms with Crippen LogP contribution < -0.4 is 5.73 Å². The Bertz CT molecular complexity index is 327. The van der Waals surface area contributed by atoms with Gasteiger partial charge < -0.3 is 10.6 Å². The molecule has 1 heterocycles. The highest BCUT2D eigenvalue weighted by molar-refractivity contribution is 7.98. The van der Waals surface area contributed by atoms with Crippen molar-refractivity contribution in [2.75, 3.05) is 31.3 Å². The van der Waals surface area contributed by atoms with E-state index in [0.29, 0.717) is 11.6 Å². The number of nitrogen functional groups attached to an aromatic ring is 1. The lowest BCUT2D eigenvalue weighted by Crippen LogP contribution is -2.30. The number of hydrogen-bond acceptors (Lipinski definition) is 5. The molecule has 0 saturated carbocycles. The van der Waals surface area contributed by atoms with Crippen LogP contribution in [0.2, 0.25) is 0 Å². The molecule has 2 N–H and O–H groups in total. The maximum absolute atomic E-state index is 11.7. The molecule has 1 amide bonds. The van der Waals surface area contributed by atoms with Crippen LogP contribution in [-0.2, 0) is 11.2 Å². The van der Waals surface area contributed by atoms with Crippen LogP contribution in [0, 0.1) is 0 Å². The van der Waals surface area contributed by atoms with E-state index in [1.54, 1.807) is 16.7 Å². The quantitative estimate of drug-likeness (QED) is 0.843. The lowest BCUT2D eigenvalue weighted by atomic mass is 10.3. The Kier molecular flexibility index (Phi) is 4.90. The molecule has 0 unspecified atom stereocenters. The van der Waals surface area contributed by atoms with Crippen molar-refractivity contribution in [3.63, 3.8) is 0 Å². The summed E-state index contributed by atoms with van der Waals surface area (Å²) >= 11 is 3.10. The van der Waals surface area contributed by atoms with Crippen LogP contribution in [0.4, 0.5) is 5.13 Å². The highest BCUT2D eigenvalue weighted by Crippen LogP contribution is 2.12. The summed E-state index contributed by atoms with van der Waals surface area (Å²) in [5.41, 5.74) is 6.25. The van der Waals surface area contributed by atoms with Crippen molar-refractivity contribution < 1.29 is 4.79 Å². The van der Waals surface area contributed by atoms with E-state index in [1.807, 2.05) is 18.7 Å². The first-order chi connectivity index (χ1) is 7.13. The Morgan fingerprint density at radius 1 is 1.73 bits per heavy atom. The molecule has 0 saturated heterocycles. The van der Waals surface area contributed by atoms with Gasteiger partial charge in [-0.3, -0.25) is 4.79 Å². The van der Waals surface area contributed by atoms with Crippen LogP contribution in [0.25, 0.3) is 0 Å². The van der Waals surface area contributed by atoms with E-state index in [-0.39, 0.29) is 5.91 Å². The Labute approximate surface area is 97.9 Å². The molecular weight excluding hydrogens is 230 g/mol. The minimum Gasteiger partial charge on any atom is -0.375 e. The van der Waals surface area contributed by atoms with Gasteiger partial charge in [-0.05, 0) is 6.26 Å². The number of rotatable bonds is 5. The van der Waals surface area contributed by atoms with Crippen LogP contribution >= 0.6 is 23.1 Å². The molecule has 1 aromatic rings. The zero-order valence-electron chi connectivity index (χ0n) is 8.90. The molecule has 0 aliphatic carbocycles. The Hall–Kier alpha value is -0.750. The minimum absolute atomic E-state index is 0.0920. The molecular formula is C9H15N3OS2. The van der Waals surface area contributed by atoms with Crippen molar-refractivity contribution in [3.05, 3.63) is 11.1 Å². The molecule has 0 aliphatic heterocycles. The van der Waals surface area contributed by atoms with Crippen molar-refractivity contribution >= 4 is 34.1 Å². The molecule has 0 bridgehead atoms. The standard InChI is InChI=1S/C9H15N3OS2/c1-12(3-4-14-2)8(13)5-7-6-15-9(10)11-7/h6H,3-5H2,1-2H3,(H2,10,11). The van der Waals surface area contributed by atoms with E-state index >= 15 is 0 Å². The third-order valence-electron chi connectivity index (χ3n) is 1.96. The van der Waals surface area contributed by atoms with E-state index in [1.165, 1.54) is 11.3 Å².